The van der Waals surface area contributed by atoms with Gasteiger partial charge in [-0.15, -0.1) is 0 Å². The van der Waals surface area contributed by atoms with Crippen LogP contribution in [0, 0.1) is 0 Å². The Morgan fingerprint density at radius 2 is 1.25 bits per heavy atom. The molecule has 0 saturated carbocycles. The molecule has 1 aliphatic heterocycles. The number of aliphatic hydroxyl groups excluding tert-OH is 1. The molecular formula is C17H18BOP. The van der Waals surface area contributed by atoms with Gasteiger partial charge in [0.2, 0.25) is 0 Å². The number of hydrogen-bond acceptors (Lipinski definition) is 1. The van der Waals surface area contributed by atoms with Crippen LogP contribution >= 0.6 is 7.92 Å². The van der Waals surface area contributed by atoms with Crippen molar-refractivity contribution in [3.63, 3.8) is 0 Å². The molecule has 2 aromatic carbocycles. The highest BCUT2D eigenvalue weighted by Gasteiger charge is 2.39. The normalized spacial score (nSPS) is 24.6. The molecule has 100 valence electrons. The van der Waals surface area contributed by atoms with Crippen molar-refractivity contribution in [2.45, 2.75) is 29.9 Å². The standard InChI is InChI=1S/C17H18BOP/c18-17(19)20-15(13-7-3-1-4-8-13)11-12-16(20)14-9-5-2-6-10-14/h1-10,15-17,19H,11-12H2/t15-,16-,17?/m1/s1. The van der Waals surface area contributed by atoms with Gasteiger partial charge < -0.3 is 5.11 Å². The van der Waals surface area contributed by atoms with Crippen molar-refractivity contribution in [1.29, 1.82) is 0 Å². The quantitative estimate of drug-likeness (QED) is 0.660. The summed E-state index contributed by atoms with van der Waals surface area (Å²) in [6, 6.07) is 21.0. The molecule has 3 heteroatoms. The van der Waals surface area contributed by atoms with E-state index in [9.17, 15) is 5.11 Å². The predicted molar refractivity (Wildman–Crippen MR) is 86.3 cm³/mol. The van der Waals surface area contributed by atoms with E-state index in [1.54, 1.807) is 0 Å². The maximum absolute atomic E-state index is 10.1. The second kappa shape index (κ2) is 6.12. The molecule has 1 heterocycles. The topological polar surface area (TPSA) is 20.2 Å². The van der Waals surface area contributed by atoms with Gasteiger partial charge in [-0.3, -0.25) is 0 Å². The molecule has 0 spiro atoms. The lowest BCUT2D eigenvalue weighted by Crippen LogP contribution is -2.09. The van der Waals surface area contributed by atoms with Gasteiger partial charge in [0, 0.05) is 17.1 Å². The minimum Gasteiger partial charge on any atom is -0.399 e. The number of aliphatic hydroxyl groups is 1. The molecule has 1 aliphatic rings. The number of benzene rings is 2. The van der Waals surface area contributed by atoms with Crippen LogP contribution in [0.15, 0.2) is 60.7 Å². The highest BCUT2D eigenvalue weighted by atomic mass is 31.1. The lowest BCUT2D eigenvalue weighted by molar-refractivity contribution is 0.331. The van der Waals surface area contributed by atoms with Gasteiger partial charge in [0.25, 0.3) is 0 Å². The van der Waals surface area contributed by atoms with Crippen LogP contribution in [0.3, 0.4) is 0 Å². The molecule has 0 aromatic heterocycles. The minimum atomic E-state index is -0.706. The molecule has 2 aromatic rings. The van der Waals surface area contributed by atoms with E-state index in [0.29, 0.717) is 11.3 Å². The molecule has 0 aliphatic carbocycles. The zero-order valence-electron chi connectivity index (χ0n) is 11.4. The Morgan fingerprint density at radius 3 is 1.60 bits per heavy atom. The molecule has 1 nitrogen and oxygen atoms in total. The third kappa shape index (κ3) is 2.68. The largest absolute Gasteiger partial charge is 0.399 e. The smallest absolute Gasteiger partial charge is 0.115 e. The Labute approximate surface area is 123 Å². The van der Waals surface area contributed by atoms with E-state index < -0.39 is 13.7 Å². The molecule has 1 saturated heterocycles. The summed E-state index contributed by atoms with van der Waals surface area (Å²) in [5, 5.41) is 10.1. The predicted octanol–water partition coefficient (Wildman–Crippen LogP) is 4.19. The van der Waals surface area contributed by atoms with Crippen LogP contribution in [0.4, 0.5) is 0 Å². The lowest BCUT2D eigenvalue weighted by Gasteiger charge is -2.29. The first-order valence-corrected chi connectivity index (χ1v) is 8.63. The molecule has 1 fully saturated rings. The Hall–Kier alpha value is -1.11. The van der Waals surface area contributed by atoms with Crippen molar-refractivity contribution in [1.82, 2.24) is 0 Å². The van der Waals surface area contributed by atoms with Crippen LogP contribution in [0.1, 0.15) is 35.3 Å². The summed E-state index contributed by atoms with van der Waals surface area (Å²) < 4.78 is 0. The zero-order chi connectivity index (χ0) is 13.9. The van der Waals surface area contributed by atoms with Crippen molar-refractivity contribution in [2.24, 2.45) is 0 Å². The summed E-state index contributed by atoms with van der Waals surface area (Å²) in [5.74, 6) is -0.706. The summed E-state index contributed by atoms with van der Waals surface area (Å²) in [4.78, 5) is 0. The third-order valence-electron chi connectivity index (χ3n) is 4.11. The second-order valence-corrected chi connectivity index (χ2v) is 7.96. The van der Waals surface area contributed by atoms with Crippen LogP contribution < -0.4 is 0 Å². The lowest BCUT2D eigenvalue weighted by atomic mass is 10.0. The van der Waals surface area contributed by atoms with E-state index >= 15 is 0 Å². The molecule has 1 N–H and O–H groups in total. The summed E-state index contributed by atoms with van der Waals surface area (Å²) in [5.41, 5.74) is 3.47. The van der Waals surface area contributed by atoms with Crippen LogP contribution in [0.5, 0.6) is 0 Å². The van der Waals surface area contributed by atoms with E-state index in [0.717, 1.165) is 12.8 Å². The molecule has 2 radical (unpaired) electrons. The fraction of sp³-hybridized carbons (Fsp3) is 0.294. The first-order valence-electron chi connectivity index (χ1n) is 7.08. The average Bonchev–Trinajstić information content (AvgIpc) is 2.94. The maximum Gasteiger partial charge on any atom is 0.115 e. The minimum absolute atomic E-state index is 0.413. The van der Waals surface area contributed by atoms with E-state index in [1.165, 1.54) is 11.1 Å². The van der Waals surface area contributed by atoms with Gasteiger partial charge in [0.1, 0.15) is 7.85 Å². The SMILES string of the molecule is [B]C(O)P1[C@@H](c2ccccc2)CC[C@@H]1c1ccccc1. The van der Waals surface area contributed by atoms with E-state index in [1.807, 2.05) is 12.1 Å². The monoisotopic (exact) mass is 280 g/mol. The first-order chi connectivity index (χ1) is 9.77. The summed E-state index contributed by atoms with van der Waals surface area (Å²) in [6.45, 7) is 0. The third-order valence-corrected chi connectivity index (χ3v) is 7.27. The van der Waals surface area contributed by atoms with Crippen LogP contribution in [-0.4, -0.2) is 18.7 Å². The van der Waals surface area contributed by atoms with Gasteiger partial charge in [0.05, 0.1) is 0 Å². The van der Waals surface area contributed by atoms with Crippen molar-refractivity contribution < 1.29 is 5.11 Å². The Morgan fingerprint density at radius 1 is 0.850 bits per heavy atom. The van der Waals surface area contributed by atoms with Crippen molar-refractivity contribution in [3.05, 3.63) is 71.8 Å². The highest BCUT2D eigenvalue weighted by molar-refractivity contribution is 7.60. The Kier molecular flexibility index (Phi) is 4.24. The summed E-state index contributed by atoms with van der Waals surface area (Å²) >= 11 is 0. The summed E-state index contributed by atoms with van der Waals surface area (Å²) in [6.07, 6.45) is 2.23. The average molecular weight is 280 g/mol. The van der Waals surface area contributed by atoms with Crippen molar-refractivity contribution in [2.75, 3.05) is 0 Å². The molecular weight excluding hydrogens is 262 g/mol. The highest BCUT2D eigenvalue weighted by Crippen LogP contribution is 2.71. The molecule has 3 atom stereocenters. The molecule has 0 amide bonds. The van der Waals surface area contributed by atoms with E-state index in [-0.39, 0.29) is 0 Å². The summed E-state index contributed by atoms with van der Waals surface area (Å²) in [7, 11) is 5.29. The fourth-order valence-electron chi connectivity index (χ4n) is 3.23. The van der Waals surface area contributed by atoms with Gasteiger partial charge in [-0.25, -0.2) is 0 Å². The molecule has 0 bridgehead atoms. The van der Waals surface area contributed by atoms with Crippen LogP contribution in [0.2, 0.25) is 0 Å². The van der Waals surface area contributed by atoms with Gasteiger partial charge in [-0.1, -0.05) is 68.6 Å². The van der Waals surface area contributed by atoms with Crippen molar-refractivity contribution >= 4 is 15.8 Å². The van der Waals surface area contributed by atoms with Crippen LogP contribution in [0.25, 0.3) is 0 Å². The molecule has 1 unspecified atom stereocenters. The van der Waals surface area contributed by atoms with Gasteiger partial charge in [-0.05, 0) is 24.0 Å². The van der Waals surface area contributed by atoms with E-state index in [4.69, 9.17) is 7.85 Å². The zero-order valence-corrected chi connectivity index (χ0v) is 12.3. The van der Waals surface area contributed by atoms with Gasteiger partial charge >= 0.3 is 0 Å². The van der Waals surface area contributed by atoms with Crippen LogP contribution in [-0.2, 0) is 0 Å². The van der Waals surface area contributed by atoms with Gasteiger partial charge in [0.15, 0.2) is 0 Å². The maximum atomic E-state index is 10.1. The van der Waals surface area contributed by atoms with Gasteiger partial charge in [-0.2, -0.15) is 0 Å². The second-order valence-electron chi connectivity index (χ2n) is 5.29. The Balaban J connectivity index is 1.92. The Bertz CT molecular complexity index is 496. The number of rotatable bonds is 3. The molecule has 20 heavy (non-hydrogen) atoms. The molecule has 3 rings (SSSR count). The van der Waals surface area contributed by atoms with E-state index in [2.05, 4.69) is 48.5 Å². The van der Waals surface area contributed by atoms with Crippen molar-refractivity contribution in [3.8, 4) is 0 Å². The fourth-order valence-corrected chi connectivity index (χ4v) is 6.33. The first kappa shape index (κ1) is 13.9. The number of hydrogen-bond donors (Lipinski definition) is 1.